The van der Waals surface area contributed by atoms with Gasteiger partial charge in [-0.1, -0.05) is 47.9 Å². The highest BCUT2D eigenvalue weighted by atomic mass is 35.5. The van der Waals surface area contributed by atoms with Gasteiger partial charge >= 0.3 is 6.03 Å². The maximum absolute atomic E-state index is 13.1. The number of amides is 2. The molecule has 30 heavy (non-hydrogen) atoms. The SMILES string of the molecule is Cc1ccc(S(=O)(=O)N2CCCCC2CCNC(=O)NCc2ccc(Cl)cc2)cc1. The maximum Gasteiger partial charge on any atom is 0.315 e. The van der Waals surface area contributed by atoms with Crippen molar-refractivity contribution in [1.29, 1.82) is 0 Å². The van der Waals surface area contributed by atoms with E-state index in [1.807, 2.05) is 31.2 Å². The van der Waals surface area contributed by atoms with Crippen LogP contribution in [0.2, 0.25) is 5.02 Å². The molecular formula is C22H28ClN3O3S. The molecule has 2 amide bonds. The van der Waals surface area contributed by atoms with Crippen LogP contribution in [-0.2, 0) is 16.6 Å². The Morgan fingerprint density at radius 2 is 1.77 bits per heavy atom. The van der Waals surface area contributed by atoms with Gasteiger partial charge in [0.05, 0.1) is 4.90 Å². The second-order valence-corrected chi connectivity index (χ2v) is 9.93. The van der Waals surface area contributed by atoms with Crippen LogP contribution in [0.25, 0.3) is 0 Å². The van der Waals surface area contributed by atoms with Crippen molar-refractivity contribution < 1.29 is 13.2 Å². The minimum atomic E-state index is -3.53. The standard InChI is InChI=1S/C22H28ClN3O3S/c1-17-5-11-21(12-6-17)30(28,29)26-15-3-2-4-20(26)13-14-24-22(27)25-16-18-7-9-19(23)10-8-18/h5-12,20H,2-4,13-16H2,1H3,(H2,24,25,27). The van der Waals surface area contributed by atoms with E-state index in [1.54, 1.807) is 28.6 Å². The van der Waals surface area contributed by atoms with Gasteiger partial charge in [0.15, 0.2) is 0 Å². The molecule has 162 valence electrons. The largest absolute Gasteiger partial charge is 0.338 e. The van der Waals surface area contributed by atoms with Crippen LogP contribution in [0.3, 0.4) is 0 Å². The molecule has 1 saturated heterocycles. The lowest BCUT2D eigenvalue weighted by molar-refractivity contribution is 0.228. The number of rotatable bonds is 7. The number of aryl methyl sites for hydroxylation is 1. The molecule has 0 aromatic heterocycles. The number of halogens is 1. The zero-order valence-corrected chi connectivity index (χ0v) is 18.7. The molecule has 3 rings (SSSR count). The van der Waals surface area contributed by atoms with Gasteiger partial charge in [-0.25, -0.2) is 13.2 Å². The third-order valence-corrected chi connectivity index (χ3v) is 7.55. The van der Waals surface area contributed by atoms with Crippen LogP contribution in [0.1, 0.15) is 36.8 Å². The Balaban J connectivity index is 1.52. The van der Waals surface area contributed by atoms with Crippen LogP contribution in [0, 0.1) is 6.92 Å². The zero-order valence-electron chi connectivity index (χ0n) is 17.1. The lowest BCUT2D eigenvalue weighted by atomic mass is 10.0. The molecule has 2 N–H and O–H groups in total. The third-order valence-electron chi connectivity index (χ3n) is 5.33. The number of piperidine rings is 1. The fraction of sp³-hybridized carbons (Fsp3) is 0.409. The highest BCUT2D eigenvalue weighted by molar-refractivity contribution is 7.89. The minimum Gasteiger partial charge on any atom is -0.338 e. The molecule has 1 unspecified atom stereocenters. The number of hydrogen-bond donors (Lipinski definition) is 2. The Hall–Kier alpha value is -2.09. The molecule has 0 saturated carbocycles. The number of hydrogen-bond acceptors (Lipinski definition) is 3. The number of benzene rings is 2. The van der Waals surface area contributed by atoms with Gasteiger partial charge in [0.25, 0.3) is 0 Å². The number of carbonyl (C=O) groups excluding carboxylic acids is 1. The van der Waals surface area contributed by atoms with E-state index in [0.717, 1.165) is 30.4 Å². The maximum atomic E-state index is 13.1. The molecule has 2 aromatic carbocycles. The molecule has 1 aliphatic rings. The van der Waals surface area contributed by atoms with E-state index in [9.17, 15) is 13.2 Å². The number of carbonyl (C=O) groups is 1. The number of urea groups is 1. The molecule has 1 heterocycles. The second-order valence-electron chi connectivity index (χ2n) is 7.60. The molecule has 6 nitrogen and oxygen atoms in total. The summed E-state index contributed by atoms with van der Waals surface area (Å²) in [6, 6.07) is 13.9. The van der Waals surface area contributed by atoms with Gasteiger partial charge in [0.1, 0.15) is 0 Å². The summed E-state index contributed by atoms with van der Waals surface area (Å²) in [5.74, 6) is 0. The highest BCUT2D eigenvalue weighted by Gasteiger charge is 2.33. The fourth-order valence-corrected chi connectivity index (χ4v) is 5.47. The van der Waals surface area contributed by atoms with Crippen LogP contribution >= 0.6 is 11.6 Å². The smallest absolute Gasteiger partial charge is 0.315 e. The van der Waals surface area contributed by atoms with Crippen LogP contribution < -0.4 is 10.6 Å². The van der Waals surface area contributed by atoms with E-state index >= 15 is 0 Å². The number of nitrogens with zero attached hydrogens (tertiary/aromatic N) is 1. The van der Waals surface area contributed by atoms with Gasteiger partial charge in [-0.2, -0.15) is 4.31 Å². The van der Waals surface area contributed by atoms with E-state index in [-0.39, 0.29) is 12.1 Å². The molecule has 0 spiro atoms. The van der Waals surface area contributed by atoms with Gasteiger partial charge in [0.2, 0.25) is 10.0 Å². The summed E-state index contributed by atoms with van der Waals surface area (Å²) >= 11 is 5.86. The summed E-state index contributed by atoms with van der Waals surface area (Å²) in [6.07, 6.45) is 3.24. The van der Waals surface area contributed by atoms with Crippen LogP contribution in [0.4, 0.5) is 4.79 Å². The third kappa shape index (κ3) is 5.97. The molecule has 2 aromatic rings. The molecule has 1 atom stereocenters. The van der Waals surface area contributed by atoms with Crippen molar-refractivity contribution in [2.45, 2.75) is 50.1 Å². The summed E-state index contributed by atoms with van der Waals surface area (Å²) in [5.41, 5.74) is 1.98. The topological polar surface area (TPSA) is 78.5 Å². The van der Waals surface area contributed by atoms with Gasteiger partial charge in [-0.3, -0.25) is 0 Å². The van der Waals surface area contributed by atoms with E-state index < -0.39 is 10.0 Å². The Morgan fingerprint density at radius 3 is 2.47 bits per heavy atom. The van der Waals surface area contributed by atoms with E-state index in [2.05, 4.69) is 10.6 Å². The quantitative estimate of drug-likeness (QED) is 0.668. The van der Waals surface area contributed by atoms with Gasteiger partial charge in [-0.05, 0) is 56.0 Å². The van der Waals surface area contributed by atoms with Crippen molar-refractivity contribution in [3.05, 3.63) is 64.7 Å². The van der Waals surface area contributed by atoms with Crippen molar-refractivity contribution in [3.63, 3.8) is 0 Å². The van der Waals surface area contributed by atoms with Crippen LogP contribution in [-0.4, -0.2) is 37.9 Å². The molecular weight excluding hydrogens is 422 g/mol. The summed E-state index contributed by atoms with van der Waals surface area (Å²) in [7, 11) is -3.53. The predicted molar refractivity (Wildman–Crippen MR) is 119 cm³/mol. The van der Waals surface area contributed by atoms with Crippen molar-refractivity contribution in [2.24, 2.45) is 0 Å². The Kier molecular flexibility index (Phi) is 7.75. The first-order chi connectivity index (χ1) is 14.4. The van der Waals surface area contributed by atoms with Crippen molar-refractivity contribution in [2.75, 3.05) is 13.1 Å². The Labute approximate surface area is 183 Å². The first-order valence-electron chi connectivity index (χ1n) is 10.2. The molecule has 0 aliphatic carbocycles. The molecule has 0 bridgehead atoms. The van der Waals surface area contributed by atoms with E-state index in [0.29, 0.717) is 36.0 Å². The molecule has 1 aliphatic heterocycles. The lowest BCUT2D eigenvalue weighted by Gasteiger charge is -2.34. The average molecular weight is 450 g/mol. The summed E-state index contributed by atoms with van der Waals surface area (Å²) in [4.78, 5) is 12.4. The minimum absolute atomic E-state index is 0.110. The van der Waals surface area contributed by atoms with E-state index in [1.165, 1.54) is 0 Å². The second kappa shape index (κ2) is 10.3. The van der Waals surface area contributed by atoms with Gasteiger partial charge < -0.3 is 10.6 Å². The predicted octanol–water partition coefficient (Wildman–Crippen LogP) is 4.08. The first-order valence-corrected chi connectivity index (χ1v) is 12.0. The van der Waals surface area contributed by atoms with Crippen molar-refractivity contribution in [1.82, 2.24) is 14.9 Å². The summed E-state index contributed by atoms with van der Waals surface area (Å²) in [5, 5.41) is 6.29. The first kappa shape index (κ1) is 22.6. The zero-order chi connectivity index (χ0) is 21.6. The summed E-state index contributed by atoms with van der Waals surface area (Å²) in [6.45, 7) is 3.27. The Morgan fingerprint density at radius 1 is 1.07 bits per heavy atom. The van der Waals surface area contributed by atoms with Gasteiger partial charge in [-0.15, -0.1) is 0 Å². The Bertz CT molecular complexity index is 947. The van der Waals surface area contributed by atoms with E-state index in [4.69, 9.17) is 11.6 Å². The summed E-state index contributed by atoms with van der Waals surface area (Å²) < 4.78 is 27.8. The average Bonchev–Trinajstić information content (AvgIpc) is 2.74. The number of nitrogens with one attached hydrogen (secondary N) is 2. The fourth-order valence-electron chi connectivity index (χ4n) is 3.62. The molecule has 1 fully saturated rings. The number of sulfonamides is 1. The lowest BCUT2D eigenvalue weighted by Crippen LogP contribution is -2.45. The monoisotopic (exact) mass is 449 g/mol. The molecule has 8 heteroatoms. The normalized spacial score (nSPS) is 17.5. The molecule has 0 radical (unpaired) electrons. The van der Waals surface area contributed by atoms with Crippen molar-refractivity contribution in [3.8, 4) is 0 Å². The van der Waals surface area contributed by atoms with Crippen LogP contribution in [0.5, 0.6) is 0 Å². The van der Waals surface area contributed by atoms with Gasteiger partial charge in [0, 0.05) is 30.7 Å². The van der Waals surface area contributed by atoms with Crippen molar-refractivity contribution >= 4 is 27.7 Å². The van der Waals surface area contributed by atoms with Crippen LogP contribution in [0.15, 0.2) is 53.4 Å². The highest BCUT2D eigenvalue weighted by Crippen LogP contribution is 2.27.